The number of aliphatic hydroxyl groups is 2. The first-order valence-electron chi connectivity index (χ1n) is 10.9. The van der Waals surface area contributed by atoms with Crippen LogP contribution in [0.25, 0.3) is 0 Å². The zero-order valence-corrected chi connectivity index (χ0v) is 19.6. The zero-order chi connectivity index (χ0) is 22.6. The zero-order valence-electron chi connectivity index (χ0n) is 18.8. The van der Waals surface area contributed by atoms with E-state index >= 15 is 0 Å². The first-order valence-corrected chi connectivity index (χ1v) is 12.2. The van der Waals surface area contributed by atoms with E-state index < -0.39 is 10.4 Å². The molecule has 0 saturated heterocycles. The Balaban J connectivity index is -0.000000461. The molecule has 0 fully saturated rings. The number of rotatable bonds is 18. The molecule has 0 aromatic carbocycles. The van der Waals surface area contributed by atoms with Crippen molar-refractivity contribution in [3.63, 3.8) is 0 Å². The quantitative estimate of drug-likeness (QED) is 0.215. The fourth-order valence-electron chi connectivity index (χ4n) is 2.19. The summed E-state index contributed by atoms with van der Waals surface area (Å²) in [5.74, 6) is 0. The van der Waals surface area contributed by atoms with Gasteiger partial charge in [0.15, 0.2) is 0 Å². The molecule has 0 aliphatic carbocycles. The minimum atomic E-state index is -4.23. The second-order valence-corrected chi connectivity index (χ2v) is 7.36. The van der Waals surface area contributed by atoms with Gasteiger partial charge in [0.25, 0.3) is 0 Å². The summed E-state index contributed by atoms with van der Waals surface area (Å²) in [7, 11) is -4.23. The van der Waals surface area contributed by atoms with Gasteiger partial charge in [0, 0.05) is 13.2 Å². The molecule has 0 rings (SSSR count). The monoisotopic (exact) mass is 446 g/mol. The smallest absolute Gasteiger partial charge is 0.394 e. The lowest BCUT2D eigenvalue weighted by Crippen LogP contribution is -2.04. The van der Waals surface area contributed by atoms with Gasteiger partial charge in [-0.25, -0.2) is 4.18 Å². The van der Waals surface area contributed by atoms with Gasteiger partial charge in [-0.05, 0) is 20.3 Å². The molecule has 0 radical (unpaired) electrons. The predicted molar refractivity (Wildman–Crippen MR) is 117 cm³/mol. The topological polar surface area (TPSA) is 123 Å². The van der Waals surface area contributed by atoms with Crippen molar-refractivity contribution in [3.8, 4) is 0 Å². The summed E-state index contributed by atoms with van der Waals surface area (Å²) in [4.78, 5) is 0. The number of aliphatic hydroxyl groups excluding tert-OH is 2. The lowest BCUT2D eigenvalue weighted by Gasteiger charge is -2.02. The number of unbranched alkanes of at least 4 members (excludes halogenated alkanes) is 9. The van der Waals surface area contributed by atoms with Gasteiger partial charge in [-0.1, -0.05) is 64.7 Å². The van der Waals surface area contributed by atoms with E-state index in [1.54, 1.807) is 0 Å². The van der Waals surface area contributed by atoms with Crippen LogP contribution in [-0.4, -0.2) is 69.4 Å². The van der Waals surface area contributed by atoms with Crippen molar-refractivity contribution < 1.29 is 36.8 Å². The van der Waals surface area contributed by atoms with Crippen molar-refractivity contribution in [2.24, 2.45) is 0 Å². The summed E-state index contributed by atoms with van der Waals surface area (Å²) in [6, 6.07) is 0. The molecule has 0 unspecified atom stereocenters. The van der Waals surface area contributed by atoms with Crippen LogP contribution in [0.1, 0.15) is 85.0 Å². The number of ether oxygens (including phenoxy) is 2. The van der Waals surface area contributed by atoms with Crippen LogP contribution in [0, 0.1) is 0 Å². The molecular weight excluding hydrogens is 400 g/mol. The predicted octanol–water partition coefficient (Wildman–Crippen LogP) is 3.76. The first kappa shape index (κ1) is 33.4. The highest BCUT2D eigenvalue weighted by atomic mass is 32.3. The Morgan fingerprint density at radius 2 is 1.03 bits per heavy atom. The van der Waals surface area contributed by atoms with Gasteiger partial charge in [-0.3, -0.25) is 4.55 Å². The van der Waals surface area contributed by atoms with Crippen LogP contribution in [0.5, 0.6) is 0 Å². The van der Waals surface area contributed by atoms with Crippen LogP contribution in [-0.2, 0) is 24.1 Å². The van der Waals surface area contributed by atoms with Crippen molar-refractivity contribution >= 4 is 10.4 Å². The highest BCUT2D eigenvalue weighted by Crippen LogP contribution is 2.10. The van der Waals surface area contributed by atoms with Gasteiger partial charge < -0.3 is 19.7 Å². The molecule has 0 heterocycles. The molecule has 180 valence electrons. The van der Waals surface area contributed by atoms with Crippen molar-refractivity contribution in [1.82, 2.24) is 0 Å². The normalized spacial score (nSPS) is 10.7. The second kappa shape index (κ2) is 29.9. The fraction of sp³-hybridized carbons (Fsp3) is 1.00. The van der Waals surface area contributed by atoms with Crippen molar-refractivity contribution in [3.05, 3.63) is 0 Å². The average molecular weight is 447 g/mol. The maximum absolute atomic E-state index is 10.2. The van der Waals surface area contributed by atoms with E-state index in [1.807, 2.05) is 13.8 Å². The van der Waals surface area contributed by atoms with E-state index in [0.29, 0.717) is 19.6 Å². The van der Waals surface area contributed by atoms with E-state index in [0.717, 1.165) is 26.1 Å². The van der Waals surface area contributed by atoms with Gasteiger partial charge in [0.2, 0.25) is 0 Å². The van der Waals surface area contributed by atoms with Gasteiger partial charge in [0.1, 0.15) is 0 Å². The van der Waals surface area contributed by atoms with Crippen LogP contribution in [0.3, 0.4) is 0 Å². The minimum Gasteiger partial charge on any atom is -0.394 e. The average Bonchev–Trinajstić information content (AvgIpc) is 2.67. The van der Waals surface area contributed by atoms with Crippen molar-refractivity contribution in [2.45, 2.75) is 85.0 Å². The molecule has 8 nitrogen and oxygen atoms in total. The summed E-state index contributed by atoms with van der Waals surface area (Å²) >= 11 is 0. The van der Waals surface area contributed by atoms with E-state index in [-0.39, 0.29) is 19.8 Å². The summed E-state index contributed by atoms with van der Waals surface area (Å²) in [6.45, 7) is 8.67. The second-order valence-electron chi connectivity index (χ2n) is 6.27. The van der Waals surface area contributed by atoms with E-state index in [9.17, 15) is 8.42 Å². The molecule has 3 N–H and O–H groups in total. The molecular formula is C20H46O8S. The molecule has 0 atom stereocenters. The standard InChI is InChI=1S/C12H26O4S.C4H10O3.C4H10O/c1-2-3-4-5-6-7-8-9-10-11-12-16-17(13,14)15;5-1-3-7-4-2-6;1-3-5-4-2/h2-12H2,1H3,(H,13,14,15);5-6H,1-4H2;3-4H2,1-2H3. The van der Waals surface area contributed by atoms with Crippen LogP contribution in [0.15, 0.2) is 0 Å². The van der Waals surface area contributed by atoms with Crippen molar-refractivity contribution in [2.75, 3.05) is 46.2 Å². The maximum atomic E-state index is 10.2. The Morgan fingerprint density at radius 1 is 0.621 bits per heavy atom. The highest BCUT2D eigenvalue weighted by molar-refractivity contribution is 7.80. The Bertz CT molecular complexity index is 357. The number of hydrogen-bond acceptors (Lipinski definition) is 7. The number of hydrogen-bond donors (Lipinski definition) is 3. The maximum Gasteiger partial charge on any atom is 0.397 e. The summed E-state index contributed by atoms with van der Waals surface area (Å²) in [6.07, 6.45) is 11.9. The third-order valence-electron chi connectivity index (χ3n) is 3.61. The minimum absolute atomic E-state index is 0.0278. The van der Waals surface area contributed by atoms with Crippen LogP contribution >= 0.6 is 0 Å². The Labute approximate surface area is 178 Å². The van der Waals surface area contributed by atoms with Crippen LogP contribution < -0.4 is 0 Å². The molecule has 0 bridgehead atoms. The van der Waals surface area contributed by atoms with Crippen molar-refractivity contribution in [1.29, 1.82) is 0 Å². The third kappa shape index (κ3) is 47.1. The van der Waals surface area contributed by atoms with Gasteiger partial charge in [-0.2, -0.15) is 8.42 Å². The van der Waals surface area contributed by atoms with Crippen LogP contribution in [0.2, 0.25) is 0 Å². The van der Waals surface area contributed by atoms with Gasteiger partial charge in [-0.15, -0.1) is 0 Å². The lowest BCUT2D eigenvalue weighted by atomic mass is 10.1. The van der Waals surface area contributed by atoms with E-state index in [1.165, 1.54) is 44.9 Å². The largest absolute Gasteiger partial charge is 0.397 e. The molecule has 29 heavy (non-hydrogen) atoms. The molecule has 0 aromatic rings. The molecule has 0 amide bonds. The van der Waals surface area contributed by atoms with Crippen LogP contribution in [0.4, 0.5) is 0 Å². The molecule has 9 heteroatoms. The molecule has 0 aliphatic heterocycles. The Hall–Kier alpha value is -0.290. The molecule has 0 aromatic heterocycles. The highest BCUT2D eigenvalue weighted by Gasteiger charge is 2.02. The summed E-state index contributed by atoms with van der Waals surface area (Å²) in [5.41, 5.74) is 0. The summed E-state index contributed by atoms with van der Waals surface area (Å²) < 4.78 is 42.5. The summed E-state index contributed by atoms with van der Waals surface area (Å²) in [5, 5.41) is 16.2. The van der Waals surface area contributed by atoms with Gasteiger partial charge in [0.05, 0.1) is 33.0 Å². The third-order valence-corrected chi connectivity index (χ3v) is 4.07. The fourth-order valence-corrected chi connectivity index (χ4v) is 2.52. The Kier molecular flexibility index (Phi) is 34.4. The van der Waals surface area contributed by atoms with E-state index in [4.69, 9.17) is 19.5 Å². The first-order chi connectivity index (χ1) is 13.9. The SMILES string of the molecule is CCCCCCCCCCCCOS(=O)(=O)O.CCOCC.OCCOCCO. The lowest BCUT2D eigenvalue weighted by molar-refractivity contribution is 0.0650. The molecule has 0 saturated carbocycles. The van der Waals surface area contributed by atoms with Gasteiger partial charge >= 0.3 is 10.4 Å². The van der Waals surface area contributed by atoms with E-state index in [2.05, 4.69) is 15.8 Å². The molecule has 0 aliphatic rings. The molecule has 0 spiro atoms. The Morgan fingerprint density at radius 3 is 1.34 bits per heavy atom.